The summed E-state index contributed by atoms with van der Waals surface area (Å²) in [5.74, 6) is 0.875. The summed E-state index contributed by atoms with van der Waals surface area (Å²) in [6, 6.07) is 7.93. The van der Waals surface area contributed by atoms with Crippen LogP contribution in [0.25, 0.3) is 0 Å². The molecule has 1 unspecified atom stereocenters. The van der Waals surface area contributed by atoms with Gasteiger partial charge in [0.1, 0.15) is 12.4 Å². The Morgan fingerprint density at radius 2 is 1.76 bits per heavy atom. The first kappa shape index (κ1) is 24.9. The zero-order chi connectivity index (χ0) is 18.2. The monoisotopic (exact) mass is 380 g/mol. The fourth-order valence-electron chi connectivity index (χ4n) is 2.78. The predicted octanol–water partition coefficient (Wildman–Crippen LogP) is 0.246. The Morgan fingerprint density at radius 1 is 1.12 bits per heavy atom. The van der Waals surface area contributed by atoms with Crippen molar-refractivity contribution < 1.29 is 52.0 Å². The van der Waals surface area contributed by atoms with E-state index in [1.807, 2.05) is 18.2 Å². The van der Waals surface area contributed by atoms with Gasteiger partial charge in [0.2, 0.25) is 0 Å². The standard InChI is InChI=1S/C18H30O5S.Na/c1-15(14-18(2,3)4)13-16-7-5-6-8-17(16)23-10-9-22-11-12-24(19,20)21;/h5-8,15H,9-14H2,1-4H3,(H,19,20,21);/q;+1/p-1. The van der Waals surface area contributed by atoms with Crippen molar-refractivity contribution in [3.05, 3.63) is 29.8 Å². The summed E-state index contributed by atoms with van der Waals surface area (Å²) in [4.78, 5) is 0. The van der Waals surface area contributed by atoms with E-state index in [0.717, 1.165) is 24.2 Å². The fraction of sp³-hybridized carbons (Fsp3) is 0.667. The topological polar surface area (TPSA) is 75.7 Å². The molecule has 0 spiro atoms. The van der Waals surface area contributed by atoms with Gasteiger partial charge in [-0.1, -0.05) is 45.9 Å². The number of hydrogen-bond donors (Lipinski definition) is 0. The Kier molecular flexibility index (Phi) is 11.5. The predicted molar refractivity (Wildman–Crippen MR) is 94.3 cm³/mol. The molecule has 0 bridgehead atoms. The first-order valence-corrected chi connectivity index (χ1v) is 9.86. The van der Waals surface area contributed by atoms with Gasteiger partial charge in [0.25, 0.3) is 0 Å². The van der Waals surface area contributed by atoms with E-state index in [1.165, 1.54) is 0 Å². The number of benzene rings is 1. The Balaban J connectivity index is 0.00000576. The maximum atomic E-state index is 10.5. The van der Waals surface area contributed by atoms with Crippen molar-refractivity contribution >= 4 is 10.1 Å². The van der Waals surface area contributed by atoms with Crippen LogP contribution in [0, 0.1) is 11.3 Å². The Labute approximate surface area is 174 Å². The van der Waals surface area contributed by atoms with E-state index in [9.17, 15) is 13.0 Å². The van der Waals surface area contributed by atoms with Gasteiger partial charge in [-0.05, 0) is 35.8 Å². The summed E-state index contributed by atoms with van der Waals surface area (Å²) < 4.78 is 42.3. The third-order valence-corrected chi connectivity index (χ3v) is 4.13. The number of ether oxygens (including phenoxy) is 2. The van der Waals surface area contributed by atoms with Gasteiger partial charge in [0.15, 0.2) is 0 Å². The van der Waals surface area contributed by atoms with E-state index in [2.05, 4.69) is 33.8 Å². The molecule has 0 aromatic heterocycles. The molecule has 0 aliphatic carbocycles. The quantitative estimate of drug-likeness (QED) is 0.330. The molecule has 25 heavy (non-hydrogen) atoms. The van der Waals surface area contributed by atoms with Gasteiger partial charge in [0.05, 0.1) is 29.1 Å². The molecule has 1 rings (SSSR count). The largest absolute Gasteiger partial charge is 1.00 e. The minimum atomic E-state index is -4.21. The molecule has 0 saturated heterocycles. The van der Waals surface area contributed by atoms with E-state index in [4.69, 9.17) is 9.47 Å². The Bertz CT molecular complexity index is 596. The van der Waals surface area contributed by atoms with Crippen LogP contribution in [0.3, 0.4) is 0 Å². The Hall–Kier alpha value is -0.110. The van der Waals surface area contributed by atoms with Crippen LogP contribution in [0.5, 0.6) is 5.75 Å². The van der Waals surface area contributed by atoms with E-state index in [-0.39, 0.29) is 42.8 Å². The molecule has 1 aromatic rings. The van der Waals surface area contributed by atoms with Crippen LogP contribution in [-0.2, 0) is 21.3 Å². The van der Waals surface area contributed by atoms with E-state index < -0.39 is 15.9 Å². The first-order chi connectivity index (χ1) is 11.1. The second kappa shape index (κ2) is 11.6. The average Bonchev–Trinajstić information content (AvgIpc) is 2.41. The zero-order valence-electron chi connectivity index (χ0n) is 16.1. The number of rotatable bonds is 10. The summed E-state index contributed by atoms with van der Waals surface area (Å²) in [7, 11) is -4.21. The van der Waals surface area contributed by atoms with Gasteiger partial charge < -0.3 is 14.0 Å². The second-order valence-corrected chi connectivity index (χ2v) is 8.93. The van der Waals surface area contributed by atoms with Crippen LogP contribution in [0.4, 0.5) is 0 Å². The first-order valence-electron chi connectivity index (χ1n) is 8.29. The minimum absolute atomic E-state index is 0. The second-order valence-electron chi connectivity index (χ2n) is 7.40. The molecule has 0 fully saturated rings. The van der Waals surface area contributed by atoms with Crippen LogP contribution >= 0.6 is 0 Å². The van der Waals surface area contributed by atoms with Crippen molar-refractivity contribution in [2.45, 2.75) is 40.5 Å². The molecular formula is C18H29NaO5S. The molecule has 1 atom stereocenters. The normalized spacial score (nSPS) is 13.2. The molecule has 0 saturated carbocycles. The zero-order valence-corrected chi connectivity index (χ0v) is 18.9. The maximum absolute atomic E-state index is 10.5. The molecule has 1 aromatic carbocycles. The third kappa shape index (κ3) is 12.8. The van der Waals surface area contributed by atoms with Crippen LogP contribution in [0.1, 0.15) is 39.7 Å². The molecule has 0 aliphatic rings. The van der Waals surface area contributed by atoms with Gasteiger partial charge in [-0.15, -0.1) is 0 Å². The molecular weight excluding hydrogens is 351 g/mol. The van der Waals surface area contributed by atoms with Crippen molar-refractivity contribution in [2.24, 2.45) is 11.3 Å². The molecule has 0 N–H and O–H groups in total. The van der Waals surface area contributed by atoms with Gasteiger partial charge in [-0.2, -0.15) is 0 Å². The third-order valence-electron chi connectivity index (χ3n) is 3.46. The molecule has 0 aliphatic heterocycles. The van der Waals surface area contributed by atoms with Crippen molar-refractivity contribution in [1.29, 1.82) is 0 Å². The van der Waals surface area contributed by atoms with E-state index in [1.54, 1.807) is 0 Å². The molecule has 0 radical (unpaired) electrons. The van der Waals surface area contributed by atoms with Crippen molar-refractivity contribution in [3.63, 3.8) is 0 Å². The SMILES string of the molecule is CC(Cc1ccccc1OCCOCCS(=O)(=O)[O-])CC(C)(C)C.[Na+]. The number of hydrogen-bond acceptors (Lipinski definition) is 5. The smallest absolute Gasteiger partial charge is 0.748 e. The van der Waals surface area contributed by atoms with Crippen LogP contribution in [0.2, 0.25) is 0 Å². The van der Waals surface area contributed by atoms with Crippen LogP contribution in [-0.4, -0.2) is 38.5 Å². The molecule has 138 valence electrons. The van der Waals surface area contributed by atoms with Gasteiger partial charge in [0, 0.05) is 0 Å². The minimum Gasteiger partial charge on any atom is -0.748 e. The summed E-state index contributed by atoms with van der Waals surface area (Å²) in [6.45, 7) is 9.45. The maximum Gasteiger partial charge on any atom is 1.00 e. The molecule has 7 heteroatoms. The van der Waals surface area contributed by atoms with Gasteiger partial charge in [-0.25, -0.2) is 8.42 Å². The summed E-state index contributed by atoms with van der Waals surface area (Å²) in [6.07, 6.45) is 2.08. The molecule has 5 nitrogen and oxygen atoms in total. The van der Waals surface area contributed by atoms with Crippen LogP contribution in [0.15, 0.2) is 24.3 Å². The van der Waals surface area contributed by atoms with Crippen molar-refractivity contribution in [2.75, 3.05) is 25.6 Å². The summed E-state index contributed by atoms with van der Waals surface area (Å²) in [5.41, 5.74) is 1.46. The van der Waals surface area contributed by atoms with Crippen LogP contribution < -0.4 is 34.3 Å². The van der Waals surface area contributed by atoms with Crippen molar-refractivity contribution in [1.82, 2.24) is 0 Å². The molecule has 0 amide bonds. The summed E-state index contributed by atoms with van der Waals surface area (Å²) in [5, 5.41) is 0. The van der Waals surface area contributed by atoms with Gasteiger partial charge in [-0.3, -0.25) is 0 Å². The van der Waals surface area contributed by atoms with Crippen molar-refractivity contribution in [3.8, 4) is 5.75 Å². The number of para-hydroxylation sites is 1. The Morgan fingerprint density at radius 3 is 2.36 bits per heavy atom. The molecule has 0 heterocycles. The average molecular weight is 380 g/mol. The van der Waals surface area contributed by atoms with Gasteiger partial charge >= 0.3 is 29.6 Å². The van der Waals surface area contributed by atoms with E-state index in [0.29, 0.717) is 17.9 Å². The summed E-state index contributed by atoms with van der Waals surface area (Å²) >= 11 is 0. The fourth-order valence-corrected chi connectivity index (χ4v) is 3.10. The van der Waals surface area contributed by atoms with E-state index >= 15 is 0 Å².